The zero-order valence-electron chi connectivity index (χ0n) is 15.9. The fourth-order valence-corrected chi connectivity index (χ4v) is 3.47. The summed E-state index contributed by atoms with van der Waals surface area (Å²) in [5.41, 5.74) is 3.16. The van der Waals surface area contributed by atoms with Crippen molar-refractivity contribution in [1.82, 2.24) is 4.98 Å². The Labute approximate surface area is 168 Å². The van der Waals surface area contributed by atoms with Gasteiger partial charge in [0.15, 0.2) is 0 Å². The van der Waals surface area contributed by atoms with E-state index in [9.17, 15) is 9.90 Å². The van der Waals surface area contributed by atoms with Crippen LogP contribution < -0.4 is 4.90 Å². The van der Waals surface area contributed by atoms with E-state index in [1.807, 2.05) is 84.9 Å². The van der Waals surface area contributed by atoms with E-state index < -0.39 is 12.1 Å². The normalized spacial score (nSPS) is 11.8. The highest BCUT2D eigenvalue weighted by atomic mass is 16.5. The number of rotatable bonds is 4. The number of para-hydroxylation sites is 1. The summed E-state index contributed by atoms with van der Waals surface area (Å²) >= 11 is 0. The average molecular weight is 384 g/mol. The summed E-state index contributed by atoms with van der Waals surface area (Å²) in [5.74, 6) is -0.0428. The van der Waals surface area contributed by atoms with Gasteiger partial charge in [-0.05, 0) is 35.4 Å². The fraction of sp³-hybridized carbons (Fsp3) is 0.0833. The number of methoxy groups -OCH3 is 1. The lowest BCUT2D eigenvalue weighted by Gasteiger charge is -2.31. The van der Waals surface area contributed by atoms with Gasteiger partial charge in [0, 0.05) is 17.1 Å². The monoisotopic (exact) mass is 384 g/mol. The minimum atomic E-state index is -0.464. The molecule has 4 rings (SSSR count). The van der Waals surface area contributed by atoms with Gasteiger partial charge in [-0.3, -0.25) is 4.90 Å². The topological polar surface area (TPSA) is 62.7 Å². The summed E-state index contributed by atoms with van der Waals surface area (Å²) in [6, 6.07) is 27.9. The number of anilines is 1. The number of amides is 1. The second kappa shape index (κ2) is 8.02. The van der Waals surface area contributed by atoms with Crippen molar-refractivity contribution in [3.05, 3.63) is 102 Å². The van der Waals surface area contributed by atoms with E-state index in [1.165, 1.54) is 7.11 Å². The predicted octanol–water partition coefficient (Wildman–Crippen LogP) is 5.30. The maximum atomic E-state index is 12.9. The van der Waals surface area contributed by atoms with Crippen molar-refractivity contribution >= 4 is 22.7 Å². The molecular formula is C24H20N2O3. The first kappa shape index (κ1) is 18.5. The van der Waals surface area contributed by atoms with Gasteiger partial charge in [0.05, 0.1) is 18.7 Å². The van der Waals surface area contributed by atoms with Crippen molar-refractivity contribution in [2.24, 2.45) is 0 Å². The molecule has 1 unspecified atom stereocenters. The summed E-state index contributed by atoms with van der Waals surface area (Å²) in [6.07, 6.45) is -0.464. The van der Waals surface area contributed by atoms with Gasteiger partial charge in [-0.15, -0.1) is 0 Å². The summed E-state index contributed by atoms with van der Waals surface area (Å²) in [6.45, 7) is 0. The smallest absolute Gasteiger partial charge is 0.414 e. The van der Waals surface area contributed by atoms with Gasteiger partial charge in [-0.1, -0.05) is 60.7 Å². The van der Waals surface area contributed by atoms with Crippen molar-refractivity contribution in [2.75, 3.05) is 12.0 Å². The van der Waals surface area contributed by atoms with Crippen LogP contribution in [0, 0.1) is 0 Å². The number of ether oxygens (including phenoxy) is 1. The highest BCUT2D eigenvalue weighted by Gasteiger charge is 2.29. The number of aromatic nitrogens is 1. The minimum absolute atomic E-state index is 0.0428. The highest BCUT2D eigenvalue weighted by molar-refractivity contribution is 5.90. The molecule has 1 heterocycles. The fourth-order valence-electron chi connectivity index (χ4n) is 3.47. The Bertz CT molecular complexity index is 1130. The van der Waals surface area contributed by atoms with Gasteiger partial charge in [-0.25, -0.2) is 9.78 Å². The third kappa shape index (κ3) is 3.75. The number of carbonyl (C=O) groups is 1. The zero-order valence-corrected chi connectivity index (χ0v) is 15.9. The number of benzene rings is 3. The number of hydrogen-bond donors (Lipinski definition) is 1. The van der Waals surface area contributed by atoms with E-state index >= 15 is 0 Å². The molecule has 0 aliphatic heterocycles. The molecule has 0 saturated heterocycles. The van der Waals surface area contributed by atoms with Crippen LogP contribution in [0.25, 0.3) is 10.9 Å². The second-order valence-corrected chi connectivity index (χ2v) is 6.61. The number of fused-ring (bicyclic) bond motifs is 1. The molecule has 1 N–H and O–H groups in total. The van der Waals surface area contributed by atoms with E-state index in [2.05, 4.69) is 4.98 Å². The van der Waals surface area contributed by atoms with E-state index in [4.69, 9.17) is 4.74 Å². The van der Waals surface area contributed by atoms with Crippen molar-refractivity contribution in [2.45, 2.75) is 6.04 Å². The van der Waals surface area contributed by atoms with Crippen molar-refractivity contribution in [3.8, 4) is 5.88 Å². The summed E-state index contributed by atoms with van der Waals surface area (Å²) in [4.78, 5) is 18.7. The Morgan fingerprint density at radius 1 is 0.897 bits per heavy atom. The van der Waals surface area contributed by atoms with Gasteiger partial charge >= 0.3 is 6.09 Å². The van der Waals surface area contributed by atoms with Crippen LogP contribution in [-0.2, 0) is 4.74 Å². The number of nitrogens with zero attached hydrogens (tertiary/aromatic N) is 2. The second-order valence-electron chi connectivity index (χ2n) is 6.61. The van der Waals surface area contributed by atoms with Crippen LogP contribution in [0.15, 0.2) is 91.0 Å². The molecule has 1 aromatic heterocycles. The molecule has 0 spiro atoms. The molecule has 0 radical (unpaired) electrons. The molecule has 5 heteroatoms. The maximum absolute atomic E-state index is 12.9. The minimum Gasteiger partial charge on any atom is -0.493 e. The highest BCUT2D eigenvalue weighted by Crippen LogP contribution is 2.35. The first-order valence-electron chi connectivity index (χ1n) is 9.24. The number of hydrogen-bond acceptors (Lipinski definition) is 4. The largest absolute Gasteiger partial charge is 0.493 e. The Kier molecular flexibility index (Phi) is 5.12. The molecule has 4 aromatic rings. The third-order valence-electron chi connectivity index (χ3n) is 4.80. The standard InChI is InChI=1S/C24H20N2O3/c1-29-24(28)26(20-10-6-3-7-11-20)23(18-8-4-2-5-9-18)19-13-12-17-14-15-22(27)25-21(17)16-19/h2-16,23H,1H3,(H,25,27). The average Bonchev–Trinajstić information content (AvgIpc) is 2.77. The van der Waals surface area contributed by atoms with E-state index in [0.29, 0.717) is 5.52 Å². The zero-order chi connectivity index (χ0) is 20.2. The SMILES string of the molecule is COC(=O)N(c1ccccc1)C(c1ccccc1)c1ccc2ccc(O)nc2c1. The van der Waals surface area contributed by atoms with Gasteiger partial charge in [0.1, 0.15) is 0 Å². The molecule has 0 aliphatic rings. The van der Waals surface area contributed by atoms with Gasteiger partial charge in [0.25, 0.3) is 0 Å². The van der Waals surface area contributed by atoms with Crippen LogP contribution in [0.4, 0.5) is 10.5 Å². The Morgan fingerprint density at radius 2 is 1.55 bits per heavy atom. The lowest BCUT2D eigenvalue weighted by Crippen LogP contribution is -2.35. The van der Waals surface area contributed by atoms with E-state index in [0.717, 1.165) is 22.2 Å². The molecule has 0 aliphatic carbocycles. The van der Waals surface area contributed by atoms with Crippen molar-refractivity contribution in [3.63, 3.8) is 0 Å². The third-order valence-corrected chi connectivity index (χ3v) is 4.80. The van der Waals surface area contributed by atoms with Crippen LogP contribution in [0.2, 0.25) is 0 Å². The molecule has 0 bridgehead atoms. The molecule has 29 heavy (non-hydrogen) atoms. The van der Waals surface area contributed by atoms with Crippen molar-refractivity contribution in [1.29, 1.82) is 0 Å². The lowest BCUT2D eigenvalue weighted by atomic mass is 9.95. The van der Waals surface area contributed by atoms with Gasteiger partial charge < -0.3 is 9.84 Å². The maximum Gasteiger partial charge on any atom is 0.414 e. The molecule has 0 saturated carbocycles. The lowest BCUT2D eigenvalue weighted by molar-refractivity contribution is 0.177. The molecule has 1 atom stereocenters. The Balaban J connectivity index is 1.93. The number of carbonyl (C=O) groups excluding carboxylic acids is 1. The first-order valence-corrected chi connectivity index (χ1v) is 9.24. The van der Waals surface area contributed by atoms with Crippen LogP contribution in [0.5, 0.6) is 5.88 Å². The molecule has 1 amide bonds. The van der Waals surface area contributed by atoms with Crippen molar-refractivity contribution < 1.29 is 14.6 Å². The Hall–Kier alpha value is -3.86. The summed E-state index contributed by atoms with van der Waals surface area (Å²) in [5, 5.41) is 10.7. The van der Waals surface area contributed by atoms with E-state index in [-0.39, 0.29) is 5.88 Å². The number of pyridine rings is 1. The van der Waals surface area contributed by atoms with Gasteiger partial charge in [0.2, 0.25) is 5.88 Å². The molecular weight excluding hydrogens is 364 g/mol. The molecule has 144 valence electrons. The van der Waals surface area contributed by atoms with Crippen LogP contribution >= 0.6 is 0 Å². The first-order chi connectivity index (χ1) is 14.2. The Morgan fingerprint density at radius 3 is 2.24 bits per heavy atom. The summed E-state index contributed by atoms with van der Waals surface area (Å²) in [7, 11) is 1.38. The van der Waals surface area contributed by atoms with Crippen LogP contribution in [-0.4, -0.2) is 23.3 Å². The number of aromatic hydroxyl groups is 1. The predicted molar refractivity (Wildman–Crippen MR) is 113 cm³/mol. The van der Waals surface area contributed by atoms with E-state index in [1.54, 1.807) is 11.0 Å². The molecule has 0 fully saturated rings. The van der Waals surface area contributed by atoms with Gasteiger partial charge in [-0.2, -0.15) is 0 Å². The van der Waals surface area contributed by atoms with Crippen LogP contribution in [0.3, 0.4) is 0 Å². The molecule has 5 nitrogen and oxygen atoms in total. The summed E-state index contributed by atoms with van der Waals surface area (Å²) < 4.78 is 5.13. The quantitative estimate of drug-likeness (QED) is 0.518. The van der Waals surface area contributed by atoms with Crippen LogP contribution in [0.1, 0.15) is 17.2 Å². The molecule has 3 aromatic carbocycles.